The molecule has 6 heteroatoms. The first kappa shape index (κ1) is 17.2. The van der Waals surface area contributed by atoms with E-state index < -0.39 is 0 Å². The molecular weight excluding hydrogens is 326 g/mol. The monoisotopic (exact) mass is 345 g/mol. The summed E-state index contributed by atoms with van der Waals surface area (Å²) in [4.78, 5) is 12.2. The van der Waals surface area contributed by atoms with Gasteiger partial charge in [-0.1, -0.05) is 12.1 Å². The average molecular weight is 345 g/mol. The Hall–Kier alpha value is -3.59. The number of nitriles is 1. The van der Waals surface area contributed by atoms with E-state index in [0.29, 0.717) is 5.56 Å². The topological polar surface area (TPSA) is 82.7 Å². The molecule has 1 atom stereocenters. The molecule has 0 fully saturated rings. The molecule has 0 aliphatic heterocycles. The Morgan fingerprint density at radius 1 is 1.23 bits per heavy atom. The number of hydrogen-bond donors (Lipinski definition) is 2. The second-order valence-corrected chi connectivity index (χ2v) is 5.88. The molecular formula is C20H19N5O. The van der Waals surface area contributed by atoms with Crippen LogP contribution in [0.25, 0.3) is 5.69 Å². The lowest BCUT2D eigenvalue weighted by Gasteiger charge is -2.16. The van der Waals surface area contributed by atoms with Crippen molar-refractivity contribution in [1.82, 2.24) is 15.1 Å². The number of carbonyl (C=O) groups is 1. The van der Waals surface area contributed by atoms with Gasteiger partial charge >= 0.3 is 0 Å². The van der Waals surface area contributed by atoms with Crippen molar-refractivity contribution in [1.29, 1.82) is 5.26 Å². The number of amides is 1. The fourth-order valence-corrected chi connectivity index (χ4v) is 2.58. The van der Waals surface area contributed by atoms with Gasteiger partial charge in [0, 0.05) is 18.1 Å². The van der Waals surface area contributed by atoms with Crippen molar-refractivity contribution in [2.24, 2.45) is 0 Å². The number of aromatic nitrogens is 2. The highest BCUT2D eigenvalue weighted by molar-refractivity contribution is 5.81. The fourth-order valence-electron chi connectivity index (χ4n) is 2.58. The molecule has 1 unspecified atom stereocenters. The third-order valence-electron chi connectivity index (χ3n) is 3.98. The van der Waals surface area contributed by atoms with Crippen LogP contribution in [0.15, 0.2) is 67.0 Å². The van der Waals surface area contributed by atoms with Gasteiger partial charge in [-0.3, -0.25) is 4.79 Å². The molecule has 3 rings (SSSR count). The van der Waals surface area contributed by atoms with E-state index in [9.17, 15) is 4.79 Å². The van der Waals surface area contributed by atoms with Gasteiger partial charge in [0.25, 0.3) is 0 Å². The summed E-state index contributed by atoms with van der Waals surface area (Å²) in [5, 5.41) is 19.0. The van der Waals surface area contributed by atoms with Gasteiger partial charge in [-0.15, -0.1) is 0 Å². The number of anilines is 1. The van der Waals surface area contributed by atoms with Gasteiger partial charge in [0.2, 0.25) is 5.91 Å². The van der Waals surface area contributed by atoms with Crippen LogP contribution in [-0.4, -0.2) is 22.2 Å². The molecule has 1 aromatic heterocycles. The maximum Gasteiger partial charge on any atom is 0.239 e. The first-order valence-corrected chi connectivity index (χ1v) is 8.29. The average Bonchev–Trinajstić information content (AvgIpc) is 3.22. The Morgan fingerprint density at radius 2 is 2.04 bits per heavy atom. The third kappa shape index (κ3) is 4.28. The molecule has 26 heavy (non-hydrogen) atoms. The van der Waals surface area contributed by atoms with Gasteiger partial charge in [-0.2, -0.15) is 10.4 Å². The Balaban J connectivity index is 1.57. The van der Waals surface area contributed by atoms with Crippen LogP contribution in [0, 0.1) is 11.3 Å². The summed E-state index contributed by atoms with van der Waals surface area (Å²) in [6.45, 7) is 2.11. The molecule has 6 nitrogen and oxygen atoms in total. The van der Waals surface area contributed by atoms with Crippen LogP contribution in [0.5, 0.6) is 0 Å². The fraction of sp³-hybridized carbons (Fsp3) is 0.150. The van der Waals surface area contributed by atoms with Crippen molar-refractivity contribution in [3.8, 4) is 11.8 Å². The van der Waals surface area contributed by atoms with Crippen molar-refractivity contribution in [2.45, 2.75) is 13.0 Å². The molecule has 0 saturated heterocycles. The maximum atomic E-state index is 12.2. The van der Waals surface area contributed by atoms with E-state index in [-0.39, 0.29) is 18.5 Å². The van der Waals surface area contributed by atoms with Crippen molar-refractivity contribution in [3.63, 3.8) is 0 Å². The van der Waals surface area contributed by atoms with E-state index in [1.807, 2.05) is 43.5 Å². The molecule has 1 heterocycles. The molecule has 3 aromatic rings. The van der Waals surface area contributed by atoms with Crippen LogP contribution >= 0.6 is 0 Å². The highest BCUT2D eigenvalue weighted by atomic mass is 16.1. The zero-order valence-electron chi connectivity index (χ0n) is 14.4. The normalized spacial score (nSPS) is 11.4. The highest BCUT2D eigenvalue weighted by Crippen LogP contribution is 2.16. The summed E-state index contributed by atoms with van der Waals surface area (Å²) in [5.41, 5.74) is 3.34. The van der Waals surface area contributed by atoms with E-state index in [4.69, 9.17) is 5.26 Å². The molecule has 0 aliphatic rings. The number of benzene rings is 2. The van der Waals surface area contributed by atoms with E-state index in [1.165, 1.54) is 0 Å². The zero-order valence-corrected chi connectivity index (χ0v) is 14.4. The van der Waals surface area contributed by atoms with Gasteiger partial charge < -0.3 is 10.6 Å². The molecule has 0 spiro atoms. The van der Waals surface area contributed by atoms with E-state index in [1.54, 1.807) is 35.1 Å². The maximum absolute atomic E-state index is 12.2. The third-order valence-corrected chi connectivity index (χ3v) is 3.98. The summed E-state index contributed by atoms with van der Waals surface area (Å²) < 4.78 is 1.78. The molecule has 1 amide bonds. The van der Waals surface area contributed by atoms with Crippen LogP contribution in [-0.2, 0) is 4.79 Å². The van der Waals surface area contributed by atoms with Crippen molar-refractivity contribution in [2.75, 3.05) is 11.9 Å². The van der Waals surface area contributed by atoms with Crippen LogP contribution in [0.2, 0.25) is 0 Å². The van der Waals surface area contributed by atoms with Crippen molar-refractivity contribution < 1.29 is 4.79 Å². The second kappa shape index (κ2) is 7.99. The zero-order chi connectivity index (χ0) is 18.4. The van der Waals surface area contributed by atoms with Gasteiger partial charge in [-0.05, 0) is 55.0 Å². The molecule has 130 valence electrons. The summed E-state index contributed by atoms with van der Waals surface area (Å²) >= 11 is 0. The summed E-state index contributed by atoms with van der Waals surface area (Å²) in [7, 11) is 0. The van der Waals surface area contributed by atoms with Gasteiger partial charge in [0.1, 0.15) is 0 Å². The predicted octanol–water partition coefficient (Wildman–Crippen LogP) is 3.03. The van der Waals surface area contributed by atoms with Crippen molar-refractivity contribution in [3.05, 3.63) is 78.1 Å². The van der Waals surface area contributed by atoms with Crippen molar-refractivity contribution >= 4 is 11.6 Å². The molecule has 2 aromatic carbocycles. The van der Waals surface area contributed by atoms with E-state index in [0.717, 1.165) is 16.9 Å². The van der Waals surface area contributed by atoms with Gasteiger partial charge in [0.05, 0.1) is 29.9 Å². The van der Waals surface area contributed by atoms with Gasteiger partial charge in [-0.25, -0.2) is 4.68 Å². The van der Waals surface area contributed by atoms with Crippen LogP contribution in [0.4, 0.5) is 5.69 Å². The number of nitrogens with zero attached hydrogens (tertiary/aromatic N) is 3. The van der Waals surface area contributed by atoms with Crippen LogP contribution < -0.4 is 10.6 Å². The smallest absolute Gasteiger partial charge is 0.239 e. The first-order valence-electron chi connectivity index (χ1n) is 8.29. The first-order chi connectivity index (χ1) is 12.7. The minimum atomic E-state index is -0.124. The second-order valence-electron chi connectivity index (χ2n) is 5.88. The van der Waals surface area contributed by atoms with Gasteiger partial charge in [0.15, 0.2) is 0 Å². The number of nitrogens with one attached hydrogen (secondary N) is 2. The Kier molecular flexibility index (Phi) is 5.30. The molecule has 0 saturated carbocycles. The quantitative estimate of drug-likeness (QED) is 0.719. The van der Waals surface area contributed by atoms with E-state index in [2.05, 4.69) is 21.8 Å². The highest BCUT2D eigenvalue weighted by Gasteiger charge is 2.10. The lowest BCUT2D eigenvalue weighted by atomic mass is 10.1. The largest absolute Gasteiger partial charge is 0.376 e. The standard InChI is InChI=1S/C20H19N5O/c1-15(17-4-2-5-19(12-17)25-11-3-10-23-25)24-20(26)14-22-18-8-6-16(13-21)7-9-18/h2-12,15,22H,14H2,1H3,(H,24,26). The number of hydrogen-bond acceptors (Lipinski definition) is 4. The molecule has 0 radical (unpaired) electrons. The Morgan fingerprint density at radius 3 is 2.73 bits per heavy atom. The minimum Gasteiger partial charge on any atom is -0.376 e. The lowest BCUT2D eigenvalue weighted by molar-refractivity contribution is -0.120. The summed E-state index contributed by atoms with van der Waals surface area (Å²) in [6, 6.07) is 18.7. The molecule has 0 bridgehead atoms. The predicted molar refractivity (Wildman–Crippen MR) is 99.8 cm³/mol. The molecule has 0 aliphatic carbocycles. The summed E-state index contributed by atoms with van der Waals surface area (Å²) in [6.07, 6.45) is 3.61. The number of rotatable bonds is 6. The SMILES string of the molecule is CC(NC(=O)CNc1ccc(C#N)cc1)c1cccc(-n2cccn2)c1. The summed E-state index contributed by atoms with van der Waals surface area (Å²) in [5.74, 6) is -0.105. The minimum absolute atomic E-state index is 0.105. The van der Waals surface area contributed by atoms with Crippen LogP contribution in [0.1, 0.15) is 24.1 Å². The Bertz CT molecular complexity index is 910. The van der Waals surface area contributed by atoms with E-state index >= 15 is 0 Å². The Labute approximate surface area is 152 Å². The molecule has 2 N–H and O–H groups in total. The number of carbonyl (C=O) groups excluding carboxylic acids is 1. The van der Waals surface area contributed by atoms with Crippen LogP contribution in [0.3, 0.4) is 0 Å². The lowest BCUT2D eigenvalue weighted by Crippen LogP contribution is -2.32.